The van der Waals surface area contributed by atoms with Gasteiger partial charge in [-0.15, -0.1) is 0 Å². The van der Waals surface area contributed by atoms with Gasteiger partial charge in [-0.25, -0.2) is 0 Å². The summed E-state index contributed by atoms with van der Waals surface area (Å²) in [5.41, 5.74) is 0.491. The Balaban J connectivity index is 2.70. The smallest absolute Gasteiger partial charge is 0.242 e. The van der Waals surface area contributed by atoms with Crippen LogP contribution in [0.4, 0.5) is 0 Å². The number of rotatable bonds is 6. The molecule has 0 aliphatic heterocycles. The Morgan fingerprint density at radius 2 is 1.70 bits per heavy atom. The predicted octanol–water partition coefficient (Wildman–Crippen LogP) is 2.81. The molecule has 0 saturated heterocycles. The maximum absolute atomic E-state index is 12.3. The first-order valence-corrected chi connectivity index (χ1v) is 7.94. The third kappa shape index (κ3) is 5.58. The van der Waals surface area contributed by atoms with Gasteiger partial charge in [0.2, 0.25) is 11.8 Å². The van der Waals surface area contributed by atoms with E-state index in [1.807, 2.05) is 52.0 Å². The number of amides is 2. The maximum Gasteiger partial charge on any atom is 0.242 e. The molecule has 23 heavy (non-hydrogen) atoms. The molecule has 1 aromatic rings. The van der Waals surface area contributed by atoms with Crippen molar-refractivity contribution in [2.24, 2.45) is 5.41 Å². The molecule has 0 aromatic heterocycles. The van der Waals surface area contributed by atoms with Crippen LogP contribution in [-0.4, -0.2) is 25.0 Å². The lowest BCUT2D eigenvalue weighted by Crippen LogP contribution is -2.48. The summed E-state index contributed by atoms with van der Waals surface area (Å²) in [5.74, 6) is 0.448. The first-order valence-electron chi connectivity index (χ1n) is 7.94. The van der Waals surface area contributed by atoms with Crippen LogP contribution in [0.3, 0.4) is 0 Å². The van der Waals surface area contributed by atoms with E-state index in [1.165, 1.54) is 0 Å². The van der Waals surface area contributed by atoms with Crippen molar-refractivity contribution in [3.8, 4) is 5.75 Å². The molecular weight excluding hydrogens is 292 g/mol. The summed E-state index contributed by atoms with van der Waals surface area (Å²) in [6.45, 7) is 9.16. The molecule has 0 saturated carbocycles. The van der Waals surface area contributed by atoms with Crippen LogP contribution in [0, 0.1) is 5.41 Å². The van der Waals surface area contributed by atoms with Gasteiger partial charge in [0.15, 0.2) is 0 Å². The SMILES string of the molecule is CCC(NC(=O)C(C)NC(=O)C(C)(C)C)c1ccc(OC)cc1. The molecule has 0 aliphatic rings. The van der Waals surface area contributed by atoms with Crippen LogP contribution in [-0.2, 0) is 9.59 Å². The molecule has 1 aromatic carbocycles. The van der Waals surface area contributed by atoms with E-state index < -0.39 is 11.5 Å². The Morgan fingerprint density at radius 1 is 1.13 bits per heavy atom. The Bertz CT molecular complexity index is 532. The highest BCUT2D eigenvalue weighted by Gasteiger charge is 2.26. The Labute approximate surface area is 138 Å². The highest BCUT2D eigenvalue weighted by Crippen LogP contribution is 2.20. The number of hydrogen-bond donors (Lipinski definition) is 2. The standard InChI is InChI=1S/C18H28N2O3/c1-7-15(13-8-10-14(23-6)11-9-13)20-16(21)12(2)19-17(22)18(3,4)5/h8-12,15H,7H2,1-6H3,(H,19,22)(H,20,21). The van der Waals surface area contributed by atoms with Gasteiger partial charge in [0.05, 0.1) is 13.2 Å². The number of nitrogens with one attached hydrogen (secondary N) is 2. The van der Waals surface area contributed by atoms with Gasteiger partial charge >= 0.3 is 0 Å². The maximum atomic E-state index is 12.3. The number of carbonyl (C=O) groups excluding carboxylic acids is 2. The molecule has 0 bridgehead atoms. The van der Waals surface area contributed by atoms with E-state index in [9.17, 15) is 9.59 Å². The molecule has 0 fully saturated rings. The van der Waals surface area contributed by atoms with Crippen molar-refractivity contribution in [1.82, 2.24) is 10.6 Å². The van der Waals surface area contributed by atoms with Crippen molar-refractivity contribution in [2.45, 2.75) is 53.1 Å². The minimum atomic E-state index is -0.575. The molecule has 2 amide bonds. The van der Waals surface area contributed by atoms with Crippen LogP contribution in [0.5, 0.6) is 5.75 Å². The first kappa shape index (κ1) is 19.0. The van der Waals surface area contributed by atoms with Crippen LogP contribution in [0.15, 0.2) is 24.3 Å². The van der Waals surface area contributed by atoms with Gasteiger partial charge in [-0.3, -0.25) is 9.59 Å². The number of ether oxygens (including phenoxy) is 1. The van der Waals surface area contributed by atoms with E-state index in [0.717, 1.165) is 17.7 Å². The average molecular weight is 320 g/mol. The third-order valence-corrected chi connectivity index (χ3v) is 3.66. The fourth-order valence-corrected chi connectivity index (χ4v) is 2.03. The Morgan fingerprint density at radius 3 is 2.13 bits per heavy atom. The first-order chi connectivity index (χ1) is 10.7. The molecule has 128 valence electrons. The van der Waals surface area contributed by atoms with Gasteiger partial charge in [-0.05, 0) is 31.0 Å². The molecule has 0 spiro atoms. The third-order valence-electron chi connectivity index (χ3n) is 3.66. The number of carbonyl (C=O) groups is 2. The van der Waals surface area contributed by atoms with Gasteiger partial charge < -0.3 is 15.4 Å². The van der Waals surface area contributed by atoms with Gasteiger partial charge in [0, 0.05) is 5.41 Å². The van der Waals surface area contributed by atoms with Crippen LogP contribution in [0.25, 0.3) is 0 Å². The highest BCUT2D eigenvalue weighted by molar-refractivity contribution is 5.89. The molecule has 0 heterocycles. The molecule has 2 N–H and O–H groups in total. The molecule has 1 rings (SSSR count). The van der Waals surface area contributed by atoms with Gasteiger partial charge in [-0.1, -0.05) is 39.8 Å². The molecule has 5 heteroatoms. The average Bonchev–Trinajstić information content (AvgIpc) is 2.51. The van der Waals surface area contributed by atoms with Crippen molar-refractivity contribution >= 4 is 11.8 Å². The zero-order valence-corrected chi connectivity index (χ0v) is 14.9. The van der Waals surface area contributed by atoms with Crippen LogP contribution < -0.4 is 15.4 Å². The summed E-state index contributed by atoms with van der Waals surface area (Å²) in [5, 5.41) is 5.73. The zero-order chi connectivity index (χ0) is 17.6. The second-order valence-electron chi connectivity index (χ2n) is 6.69. The van der Waals surface area contributed by atoms with Crippen LogP contribution in [0.2, 0.25) is 0 Å². The van der Waals surface area contributed by atoms with Crippen LogP contribution >= 0.6 is 0 Å². The highest BCUT2D eigenvalue weighted by atomic mass is 16.5. The summed E-state index contributed by atoms with van der Waals surface area (Å²) in [4.78, 5) is 24.3. The fraction of sp³-hybridized carbons (Fsp3) is 0.556. The number of benzene rings is 1. The van der Waals surface area contributed by atoms with Crippen molar-refractivity contribution in [3.63, 3.8) is 0 Å². The lowest BCUT2D eigenvalue weighted by molar-refractivity contribution is -0.133. The molecule has 0 radical (unpaired) electrons. The quantitative estimate of drug-likeness (QED) is 0.847. The van der Waals surface area contributed by atoms with E-state index in [1.54, 1.807) is 14.0 Å². The summed E-state index contributed by atoms with van der Waals surface area (Å²) in [7, 11) is 1.62. The Hall–Kier alpha value is -2.04. The number of methoxy groups -OCH3 is 1. The van der Waals surface area contributed by atoms with Crippen molar-refractivity contribution in [2.75, 3.05) is 7.11 Å². The summed E-state index contributed by atoms with van der Waals surface area (Å²) in [6, 6.07) is 6.94. The monoisotopic (exact) mass is 320 g/mol. The Kier molecular flexibility index (Phi) is 6.61. The van der Waals surface area contributed by atoms with E-state index in [0.29, 0.717) is 0 Å². The van der Waals surface area contributed by atoms with E-state index in [2.05, 4.69) is 10.6 Å². The molecule has 2 unspecified atom stereocenters. The lowest BCUT2D eigenvalue weighted by atomic mass is 9.95. The van der Waals surface area contributed by atoms with Crippen molar-refractivity contribution < 1.29 is 14.3 Å². The fourth-order valence-electron chi connectivity index (χ4n) is 2.03. The van der Waals surface area contributed by atoms with Gasteiger partial charge in [-0.2, -0.15) is 0 Å². The van der Waals surface area contributed by atoms with Crippen molar-refractivity contribution in [3.05, 3.63) is 29.8 Å². The summed E-state index contributed by atoms with van der Waals surface area (Å²) in [6.07, 6.45) is 0.762. The molecule has 2 atom stereocenters. The van der Waals surface area contributed by atoms with Crippen molar-refractivity contribution in [1.29, 1.82) is 0 Å². The minimum absolute atomic E-state index is 0.0950. The normalized spacial score (nSPS) is 13.8. The summed E-state index contributed by atoms with van der Waals surface area (Å²) >= 11 is 0. The number of hydrogen-bond acceptors (Lipinski definition) is 3. The molecule has 5 nitrogen and oxygen atoms in total. The zero-order valence-electron chi connectivity index (χ0n) is 14.9. The largest absolute Gasteiger partial charge is 0.497 e. The molecular formula is C18H28N2O3. The van der Waals surface area contributed by atoms with E-state index in [4.69, 9.17) is 4.74 Å². The lowest BCUT2D eigenvalue weighted by Gasteiger charge is -2.24. The predicted molar refractivity (Wildman–Crippen MR) is 91.2 cm³/mol. The van der Waals surface area contributed by atoms with E-state index in [-0.39, 0.29) is 17.9 Å². The second kappa shape index (κ2) is 7.99. The van der Waals surface area contributed by atoms with Crippen LogP contribution in [0.1, 0.15) is 52.6 Å². The molecule has 0 aliphatic carbocycles. The second-order valence-corrected chi connectivity index (χ2v) is 6.69. The minimum Gasteiger partial charge on any atom is -0.497 e. The summed E-state index contributed by atoms with van der Waals surface area (Å²) < 4.78 is 5.14. The van der Waals surface area contributed by atoms with Gasteiger partial charge in [0.1, 0.15) is 11.8 Å². The van der Waals surface area contributed by atoms with Gasteiger partial charge in [0.25, 0.3) is 0 Å². The van der Waals surface area contributed by atoms with E-state index >= 15 is 0 Å². The topological polar surface area (TPSA) is 67.4 Å².